The molecule has 0 aromatic rings. The fourth-order valence-electron chi connectivity index (χ4n) is 1.96. The van der Waals surface area contributed by atoms with Crippen molar-refractivity contribution < 1.29 is 9.59 Å². The average molecular weight is 238 g/mol. The molecule has 0 aromatic heterocycles. The monoisotopic (exact) mass is 238 g/mol. The molecule has 1 aliphatic heterocycles. The SMILES string of the molecule is C=CC(=O)N1CCC(C(=O)NC(C)(C)C)CC1. The zero-order chi connectivity index (χ0) is 13.1. The predicted octanol–water partition coefficient (Wildman–Crippen LogP) is 1.33. The number of amides is 2. The molecule has 1 heterocycles. The summed E-state index contributed by atoms with van der Waals surface area (Å²) >= 11 is 0. The Morgan fingerprint density at radius 3 is 2.24 bits per heavy atom. The van der Waals surface area contributed by atoms with E-state index >= 15 is 0 Å². The molecule has 0 saturated carbocycles. The molecule has 0 atom stereocenters. The van der Waals surface area contributed by atoms with Gasteiger partial charge in [0, 0.05) is 24.5 Å². The first-order valence-corrected chi connectivity index (χ1v) is 6.07. The smallest absolute Gasteiger partial charge is 0.245 e. The molecule has 0 aliphatic carbocycles. The molecular weight excluding hydrogens is 216 g/mol. The molecule has 96 valence electrons. The molecule has 1 N–H and O–H groups in total. The Labute approximate surface area is 103 Å². The lowest BCUT2D eigenvalue weighted by Gasteiger charge is -2.32. The van der Waals surface area contributed by atoms with Gasteiger partial charge in [-0.2, -0.15) is 0 Å². The molecule has 1 rings (SSSR count). The molecule has 4 nitrogen and oxygen atoms in total. The van der Waals surface area contributed by atoms with Crippen LogP contribution in [0.15, 0.2) is 12.7 Å². The minimum absolute atomic E-state index is 0.0306. The number of carbonyl (C=O) groups is 2. The van der Waals surface area contributed by atoms with Crippen molar-refractivity contribution in [2.24, 2.45) is 5.92 Å². The van der Waals surface area contributed by atoms with E-state index in [1.165, 1.54) is 6.08 Å². The fraction of sp³-hybridized carbons (Fsp3) is 0.692. The van der Waals surface area contributed by atoms with Crippen LogP contribution in [-0.2, 0) is 9.59 Å². The maximum absolute atomic E-state index is 11.9. The van der Waals surface area contributed by atoms with E-state index in [4.69, 9.17) is 0 Å². The Morgan fingerprint density at radius 1 is 1.29 bits per heavy atom. The number of likely N-dealkylation sites (tertiary alicyclic amines) is 1. The minimum Gasteiger partial charge on any atom is -0.351 e. The highest BCUT2D eigenvalue weighted by atomic mass is 16.2. The Hall–Kier alpha value is -1.32. The van der Waals surface area contributed by atoms with E-state index in [9.17, 15) is 9.59 Å². The number of piperidine rings is 1. The molecule has 2 amide bonds. The molecule has 1 fully saturated rings. The minimum atomic E-state index is -0.189. The Kier molecular flexibility index (Phi) is 4.32. The number of rotatable bonds is 2. The van der Waals surface area contributed by atoms with Gasteiger partial charge in [0.15, 0.2) is 0 Å². The molecule has 1 aliphatic rings. The molecule has 17 heavy (non-hydrogen) atoms. The summed E-state index contributed by atoms with van der Waals surface area (Å²) in [5, 5.41) is 2.98. The zero-order valence-corrected chi connectivity index (χ0v) is 11.0. The third kappa shape index (κ3) is 4.21. The molecule has 0 aromatic carbocycles. The third-order valence-corrected chi connectivity index (χ3v) is 2.85. The molecule has 0 unspecified atom stereocenters. The van der Waals surface area contributed by atoms with Gasteiger partial charge in [-0.25, -0.2) is 0 Å². The average Bonchev–Trinajstić information content (AvgIpc) is 2.26. The second-order valence-electron chi connectivity index (χ2n) is 5.54. The summed E-state index contributed by atoms with van der Waals surface area (Å²) in [7, 11) is 0. The number of hydrogen-bond acceptors (Lipinski definition) is 2. The highest BCUT2D eigenvalue weighted by molar-refractivity contribution is 5.87. The van der Waals surface area contributed by atoms with Crippen LogP contribution in [-0.4, -0.2) is 35.3 Å². The normalized spacial score (nSPS) is 17.7. The second-order valence-corrected chi connectivity index (χ2v) is 5.54. The fourth-order valence-corrected chi connectivity index (χ4v) is 1.96. The van der Waals surface area contributed by atoms with Crippen LogP contribution >= 0.6 is 0 Å². The predicted molar refractivity (Wildman–Crippen MR) is 67.4 cm³/mol. The molecule has 0 radical (unpaired) electrons. The number of nitrogens with zero attached hydrogens (tertiary/aromatic N) is 1. The largest absolute Gasteiger partial charge is 0.351 e. The van der Waals surface area contributed by atoms with E-state index in [2.05, 4.69) is 11.9 Å². The van der Waals surface area contributed by atoms with Gasteiger partial charge in [0.1, 0.15) is 0 Å². The van der Waals surface area contributed by atoms with E-state index in [1.54, 1.807) is 4.90 Å². The highest BCUT2D eigenvalue weighted by Crippen LogP contribution is 2.18. The van der Waals surface area contributed by atoms with Crippen molar-refractivity contribution in [3.63, 3.8) is 0 Å². The van der Waals surface area contributed by atoms with Crippen LogP contribution in [0.4, 0.5) is 0 Å². The summed E-state index contributed by atoms with van der Waals surface area (Å²) in [6, 6.07) is 0. The van der Waals surface area contributed by atoms with Crippen LogP contribution in [0.5, 0.6) is 0 Å². The standard InChI is InChI=1S/C13H22N2O2/c1-5-11(16)15-8-6-10(7-9-15)12(17)14-13(2,3)4/h5,10H,1,6-9H2,2-4H3,(H,14,17). The molecule has 4 heteroatoms. The van der Waals surface area contributed by atoms with Gasteiger partial charge in [0.2, 0.25) is 11.8 Å². The van der Waals surface area contributed by atoms with Crippen LogP contribution in [0.1, 0.15) is 33.6 Å². The highest BCUT2D eigenvalue weighted by Gasteiger charge is 2.28. The van der Waals surface area contributed by atoms with Crippen molar-refractivity contribution in [1.29, 1.82) is 0 Å². The van der Waals surface area contributed by atoms with Crippen molar-refractivity contribution in [1.82, 2.24) is 10.2 Å². The quantitative estimate of drug-likeness (QED) is 0.738. The lowest BCUT2D eigenvalue weighted by molar-refractivity contribution is -0.132. The first kappa shape index (κ1) is 13.7. The van der Waals surface area contributed by atoms with E-state index in [1.807, 2.05) is 20.8 Å². The lowest BCUT2D eigenvalue weighted by Crippen LogP contribution is -2.47. The first-order valence-electron chi connectivity index (χ1n) is 6.07. The summed E-state index contributed by atoms with van der Waals surface area (Å²) in [6.07, 6.45) is 2.80. The van der Waals surface area contributed by atoms with Crippen LogP contribution in [0.25, 0.3) is 0 Å². The molecule has 1 saturated heterocycles. The lowest BCUT2D eigenvalue weighted by atomic mass is 9.94. The van der Waals surface area contributed by atoms with Gasteiger partial charge in [0.05, 0.1) is 0 Å². The van der Waals surface area contributed by atoms with E-state index in [0.29, 0.717) is 13.1 Å². The van der Waals surface area contributed by atoms with Gasteiger partial charge in [-0.05, 0) is 39.7 Å². The Morgan fingerprint density at radius 2 is 1.82 bits per heavy atom. The molecule has 0 spiro atoms. The Bertz CT molecular complexity index is 310. The summed E-state index contributed by atoms with van der Waals surface area (Å²) in [5.74, 6) is 0.0889. The number of nitrogens with one attached hydrogen (secondary N) is 1. The Balaban J connectivity index is 2.44. The number of carbonyl (C=O) groups excluding carboxylic acids is 2. The van der Waals surface area contributed by atoms with Gasteiger partial charge in [0.25, 0.3) is 0 Å². The maximum Gasteiger partial charge on any atom is 0.245 e. The summed E-state index contributed by atoms with van der Waals surface area (Å²) < 4.78 is 0. The zero-order valence-electron chi connectivity index (χ0n) is 11.0. The van der Waals surface area contributed by atoms with Gasteiger partial charge in [-0.1, -0.05) is 6.58 Å². The topological polar surface area (TPSA) is 49.4 Å². The summed E-state index contributed by atoms with van der Waals surface area (Å²) in [5.41, 5.74) is -0.189. The van der Waals surface area contributed by atoms with E-state index in [0.717, 1.165) is 12.8 Å². The van der Waals surface area contributed by atoms with Crippen LogP contribution in [0.2, 0.25) is 0 Å². The van der Waals surface area contributed by atoms with Crippen LogP contribution in [0.3, 0.4) is 0 Å². The van der Waals surface area contributed by atoms with Gasteiger partial charge >= 0.3 is 0 Å². The second kappa shape index (κ2) is 5.34. The van der Waals surface area contributed by atoms with Crippen LogP contribution < -0.4 is 5.32 Å². The summed E-state index contributed by atoms with van der Waals surface area (Å²) in [4.78, 5) is 25.0. The van der Waals surface area contributed by atoms with Crippen molar-refractivity contribution in [2.75, 3.05) is 13.1 Å². The van der Waals surface area contributed by atoms with E-state index < -0.39 is 0 Å². The van der Waals surface area contributed by atoms with Gasteiger partial charge in [-0.3, -0.25) is 9.59 Å². The van der Waals surface area contributed by atoms with E-state index in [-0.39, 0.29) is 23.3 Å². The van der Waals surface area contributed by atoms with Crippen molar-refractivity contribution in [2.45, 2.75) is 39.2 Å². The number of hydrogen-bond donors (Lipinski definition) is 1. The first-order chi connectivity index (χ1) is 7.83. The maximum atomic E-state index is 11.9. The van der Waals surface area contributed by atoms with Crippen molar-refractivity contribution >= 4 is 11.8 Å². The molecular formula is C13H22N2O2. The van der Waals surface area contributed by atoms with Crippen LogP contribution in [0, 0.1) is 5.92 Å². The van der Waals surface area contributed by atoms with Crippen molar-refractivity contribution in [3.8, 4) is 0 Å². The van der Waals surface area contributed by atoms with Crippen molar-refractivity contribution in [3.05, 3.63) is 12.7 Å². The third-order valence-electron chi connectivity index (χ3n) is 2.85. The van der Waals surface area contributed by atoms with Gasteiger partial charge < -0.3 is 10.2 Å². The molecule has 0 bridgehead atoms. The van der Waals surface area contributed by atoms with Gasteiger partial charge in [-0.15, -0.1) is 0 Å². The summed E-state index contributed by atoms with van der Waals surface area (Å²) in [6.45, 7) is 10.7.